The van der Waals surface area contributed by atoms with Gasteiger partial charge >= 0.3 is 0 Å². The third-order valence-corrected chi connectivity index (χ3v) is 6.67. The summed E-state index contributed by atoms with van der Waals surface area (Å²) in [5, 5.41) is 6.23. The Morgan fingerprint density at radius 1 is 1.37 bits per heavy atom. The van der Waals surface area contributed by atoms with Crippen LogP contribution >= 0.6 is 23.1 Å². The van der Waals surface area contributed by atoms with E-state index in [-0.39, 0.29) is 5.91 Å². The van der Waals surface area contributed by atoms with Gasteiger partial charge in [-0.2, -0.15) is 0 Å². The molecule has 1 N–H and O–H groups in total. The van der Waals surface area contributed by atoms with E-state index in [1.807, 2.05) is 6.92 Å². The van der Waals surface area contributed by atoms with E-state index in [9.17, 15) is 4.79 Å². The summed E-state index contributed by atoms with van der Waals surface area (Å²) in [7, 11) is 0. The van der Waals surface area contributed by atoms with Gasteiger partial charge in [0.15, 0.2) is 0 Å². The van der Waals surface area contributed by atoms with Crippen LogP contribution in [0.3, 0.4) is 0 Å². The fourth-order valence-electron chi connectivity index (χ4n) is 3.52. The largest absolute Gasteiger partial charge is 0.351 e. The lowest BCUT2D eigenvalue weighted by molar-refractivity contribution is -0.118. The lowest BCUT2D eigenvalue weighted by Crippen LogP contribution is -2.34. The topological polar surface area (TPSA) is 45.2 Å². The van der Waals surface area contributed by atoms with Crippen LogP contribution in [0, 0.1) is 12.8 Å². The molecule has 1 aromatic carbocycles. The molecule has 1 aromatic heterocycles. The molecule has 6 heteroatoms. The van der Waals surface area contributed by atoms with Crippen molar-refractivity contribution in [3.63, 3.8) is 0 Å². The highest BCUT2D eigenvalue weighted by molar-refractivity contribution is 7.99. The second-order valence-corrected chi connectivity index (χ2v) is 9.43. The normalized spacial score (nSPS) is 17.8. The zero-order valence-corrected chi connectivity index (χ0v) is 17.9. The zero-order chi connectivity index (χ0) is 19.1. The predicted molar refractivity (Wildman–Crippen MR) is 115 cm³/mol. The Kier molecular flexibility index (Phi) is 7.73. The van der Waals surface area contributed by atoms with E-state index in [4.69, 9.17) is 0 Å². The van der Waals surface area contributed by atoms with Gasteiger partial charge in [0.25, 0.3) is 0 Å². The number of carbonyl (C=O) groups is 1. The molecule has 1 saturated heterocycles. The molecule has 2 aromatic rings. The van der Waals surface area contributed by atoms with Gasteiger partial charge in [0.1, 0.15) is 0 Å². The molecule has 146 valence electrons. The van der Waals surface area contributed by atoms with E-state index in [1.54, 1.807) is 23.1 Å². The lowest BCUT2D eigenvalue weighted by Gasteiger charge is -2.31. The van der Waals surface area contributed by atoms with Gasteiger partial charge < -0.3 is 5.32 Å². The van der Waals surface area contributed by atoms with Gasteiger partial charge in [-0.15, -0.1) is 23.1 Å². The average Bonchev–Trinajstić information content (AvgIpc) is 3.06. The van der Waals surface area contributed by atoms with Crippen LogP contribution in [0.1, 0.15) is 41.6 Å². The highest BCUT2D eigenvalue weighted by Gasteiger charge is 2.17. The number of thiazole rings is 1. The molecule has 2 heterocycles. The first-order valence-corrected chi connectivity index (χ1v) is 11.7. The maximum atomic E-state index is 12.2. The van der Waals surface area contributed by atoms with E-state index in [0.29, 0.717) is 12.3 Å². The Morgan fingerprint density at radius 3 is 2.93 bits per heavy atom. The number of thioether (sulfide) groups is 1. The van der Waals surface area contributed by atoms with Crippen LogP contribution in [0.4, 0.5) is 0 Å². The third kappa shape index (κ3) is 6.63. The summed E-state index contributed by atoms with van der Waals surface area (Å²) in [5.74, 6) is 2.14. The number of amides is 1. The van der Waals surface area contributed by atoms with Gasteiger partial charge in [-0.05, 0) is 43.4 Å². The SMILES string of the molecule is Cc1nc(CSCC(=O)NCc2ccccc2CN2CCC[C@H](C)C2)cs1. The summed E-state index contributed by atoms with van der Waals surface area (Å²) in [4.78, 5) is 19.2. The molecule has 1 aliphatic rings. The molecule has 0 spiro atoms. The maximum absolute atomic E-state index is 12.2. The minimum absolute atomic E-state index is 0.0911. The molecule has 0 radical (unpaired) electrons. The summed E-state index contributed by atoms with van der Waals surface area (Å²) < 4.78 is 0. The van der Waals surface area contributed by atoms with Crippen molar-refractivity contribution >= 4 is 29.0 Å². The van der Waals surface area contributed by atoms with Crippen LogP contribution in [0.25, 0.3) is 0 Å². The predicted octanol–water partition coefficient (Wildman–Crippen LogP) is 4.23. The number of piperidine rings is 1. The Morgan fingerprint density at radius 2 is 2.19 bits per heavy atom. The van der Waals surface area contributed by atoms with E-state index in [2.05, 4.69) is 51.8 Å². The quantitative estimate of drug-likeness (QED) is 0.716. The van der Waals surface area contributed by atoms with E-state index in [0.717, 1.165) is 28.9 Å². The van der Waals surface area contributed by atoms with Crippen LogP contribution in [-0.4, -0.2) is 34.6 Å². The molecule has 1 aliphatic heterocycles. The fourth-order valence-corrected chi connectivity index (χ4v) is 4.99. The highest BCUT2D eigenvalue weighted by Crippen LogP contribution is 2.20. The molecular weight excluding hydrogens is 374 g/mol. The Hall–Kier alpha value is -1.37. The molecule has 27 heavy (non-hydrogen) atoms. The van der Waals surface area contributed by atoms with Crippen LogP contribution in [0.2, 0.25) is 0 Å². The molecule has 0 aliphatic carbocycles. The van der Waals surface area contributed by atoms with Crippen molar-refractivity contribution in [1.29, 1.82) is 0 Å². The van der Waals surface area contributed by atoms with Gasteiger partial charge in [0, 0.05) is 30.8 Å². The van der Waals surface area contributed by atoms with Crippen LogP contribution in [-0.2, 0) is 23.6 Å². The first-order chi connectivity index (χ1) is 13.1. The number of nitrogens with zero attached hydrogens (tertiary/aromatic N) is 2. The monoisotopic (exact) mass is 403 g/mol. The van der Waals surface area contributed by atoms with Gasteiger partial charge in [0.2, 0.25) is 5.91 Å². The number of carbonyl (C=O) groups excluding carboxylic acids is 1. The Balaban J connectivity index is 1.45. The smallest absolute Gasteiger partial charge is 0.230 e. The van der Waals surface area contributed by atoms with Crippen molar-refractivity contribution in [3.05, 3.63) is 51.5 Å². The van der Waals surface area contributed by atoms with E-state index >= 15 is 0 Å². The third-order valence-electron chi connectivity index (χ3n) is 4.88. The van der Waals surface area contributed by atoms with Crippen molar-refractivity contribution in [2.45, 2.75) is 45.5 Å². The van der Waals surface area contributed by atoms with Gasteiger partial charge in [-0.25, -0.2) is 4.98 Å². The Bertz CT molecular complexity index is 747. The average molecular weight is 404 g/mol. The second kappa shape index (κ2) is 10.2. The number of hydrogen-bond donors (Lipinski definition) is 1. The number of hydrogen-bond acceptors (Lipinski definition) is 5. The number of aromatic nitrogens is 1. The molecule has 1 amide bonds. The number of nitrogens with one attached hydrogen (secondary N) is 1. The van der Waals surface area contributed by atoms with Crippen molar-refractivity contribution in [1.82, 2.24) is 15.2 Å². The minimum Gasteiger partial charge on any atom is -0.351 e. The van der Waals surface area contributed by atoms with Gasteiger partial charge in [-0.3, -0.25) is 9.69 Å². The molecular formula is C21H29N3OS2. The first kappa shape index (κ1) is 20.4. The fraction of sp³-hybridized carbons (Fsp3) is 0.524. The lowest BCUT2D eigenvalue weighted by atomic mass is 9.99. The van der Waals surface area contributed by atoms with E-state index < -0.39 is 0 Å². The maximum Gasteiger partial charge on any atom is 0.230 e. The summed E-state index contributed by atoms with van der Waals surface area (Å²) in [6.07, 6.45) is 2.63. The molecule has 0 saturated carbocycles. The van der Waals surface area contributed by atoms with Crippen LogP contribution in [0.5, 0.6) is 0 Å². The van der Waals surface area contributed by atoms with Gasteiger partial charge in [0.05, 0.1) is 16.5 Å². The summed E-state index contributed by atoms with van der Waals surface area (Å²) in [5.41, 5.74) is 3.62. The molecule has 3 rings (SSSR count). The van der Waals surface area contributed by atoms with Crippen molar-refractivity contribution in [2.24, 2.45) is 5.92 Å². The summed E-state index contributed by atoms with van der Waals surface area (Å²) in [6, 6.07) is 8.48. The molecule has 0 bridgehead atoms. The van der Waals surface area contributed by atoms with E-state index in [1.165, 1.54) is 37.1 Å². The Labute approximate surface area is 170 Å². The van der Waals surface area contributed by atoms with Crippen LogP contribution < -0.4 is 5.32 Å². The minimum atomic E-state index is 0.0911. The van der Waals surface area contributed by atoms with Crippen LogP contribution in [0.15, 0.2) is 29.6 Å². The zero-order valence-electron chi connectivity index (χ0n) is 16.2. The number of aryl methyl sites for hydroxylation is 1. The number of rotatable bonds is 8. The molecule has 4 nitrogen and oxygen atoms in total. The van der Waals surface area contributed by atoms with Crippen molar-refractivity contribution in [2.75, 3.05) is 18.8 Å². The highest BCUT2D eigenvalue weighted by atomic mass is 32.2. The van der Waals surface area contributed by atoms with Crippen molar-refractivity contribution < 1.29 is 4.79 Å². The van der Waals surface area contributed by atoms with Gasteiger partial charge in [-0.1, -0.05) is 31.2 Å². The molecule has 0 unspecified atom stereocenters. The number of benzene rings is 1. The van der Waals surface area contributed by atoms with Crippen molar-refractivity contribution in [3.8, 4) is 0 Å². The standard InChI is InChI=1S/C21H29N3OS2/c1-16-6-5-9-24(11-16)12-19-8-4-3-7-18(19)10-22-21(25)15-26-13-20-14-27-17(2)23-20/h3-4,7-8,14,16H,5-6,9-13,15H2,1-2H3,(H,22,25)/t16-/m0/s1. The number of likely N-dealkylation sites (tertiary alicyclic amines) is 1. The molecule has 1 atom stereocenters. The first-order valence-electron chi connectivity index (χ1n) is 9.64. The summed E-state index contributed by atoms with van der Waals surface area (Å²) in [6.45, 7) is 8.28. The second-order valence-electron chi connectivity index (χ2n) is 7.38. The molecule has 1 fully saturated rings. The summed E-state index contributed by atoms with van der Waals surface area (Å²) >= 11 is 3.28.